The Morgan fingerprint density at radius 2 is 1.83 bits per heavy atom. The average molecular weight is 342 g/mol. The first-order valence-corrected chi connectivity index (χ1v) is 6.57. The first-order valence-electron chi connectivity index (χ1n) is 5.02. The number of nitriles is 1. The molecule has 0 aromatic heterocycles. The molecule has 0 bridgehead atoms. The summed E-state index contributed by atoms with van der Waals surface area (Å²) < 4.78 is 0.789. The fourth-order valence-corrected chi connectivity index (χ4v) is 2.24. The molecule has 1 N–H and O–H groups in total. The number of hydrogen-bond donors (Lipinski definition) is 1. The van der Waals surface area contributed by atoms with Crippen LogP contribution in [-0.4, -0.2) is 0 Å². The molecular weight excluding hydrogens is 335 g/mol. The van der Waals surface area contributed by atoms with Crippen LogP contribution in [0.25, 0.3) is 0 Å². The van der Waals surface area contributed by atoms with Crippen LogP contribution in [0.1, 0.15) is 5.56 Å². The van der Waals surface area contributed by atoms with E-state index in [0.29, 0.717) is 15.6 Å². The van der Waals surface area contributed by atoms with Crippen LogP contribution >= 0.6 is 39.1 Å². The van der Waals surface area contributed by atoms with Crippen molar-refractivity contribution in [3.63, 3.8) is 0 Å². The molecule has 0 saturated heterocycles. The van der Waals surface area contributed by atoms with Gasteiger partial charge < -0.3 is 5.32 Å². The third kappa shape index (κ3) is 2.97. The first-order chi connectivity index (χ1) is 8.60. The largest absolute Gasteiger partial charge is 0.353 e. The molecule has 2 rings (SSSR count). The number of anilines is 2. The van der Waals surface area contributed by atoms with Gasteiger partial charge in [0.2, 0.25) is 0 Å². The minimum Gasteiger partial charge on any atom is -0.353 e. The first kappa shape index (κ1) is 13.2. The van der Waals surface area contributed by atoms with E-state index in [9.17, 15) is 0 Å². The summed E-state index contributed by atoms with van der Waals surface area (Å²) >= 11 is 15.4. The molecule has 2 aromatic carbocycles. The third-order valence-corrected chi connectivity index (χ3v) is 3.52. The zero-order valence-electron chi connectivity index (χ0n) is 9.05. The lowest BCUT2D eigenvalue weighted by Gasteiger charge is -2.10. The summed E-state index contributed by atoms with van der Waals surface area (Å²) in [5.41, 5.74) is 2.12. The number of halogens is 3. The molecule has 2 nitrogen and oxygen atoms in total. The molecule has 0 aliphatic heterocycles. The Balaban J connectivity index is 2.34. The highest BCUT2D eigenvalue weighted by molar-refractivity contribution is 9.10. The Morgan fingerprint density at radius 3 is 2.50 bits per heavy atom. The maximum atomic E-state index is 8.79. The Hall–Kier alpha value is -1.21. The number of hydrogen-bond acceptors (Lipinski definition) is 2. The number of nitrogens with one attached hydrogen (secondary N) is 1. The third-order valence-electron chi connectivity index (χ3n) is 2.30. The number of benzene rings is 2. The molecule has 0 amide bonds. The maximum Gasteiger partial charge on any atom is 0.0992 e. The predicted octanol–water partition coefficient (Wildman–Crippen LogP) is 5.37. The average Bonchev–Trinajstić information content (AvgIpc) is 2.36. The number of rotatable bonds is 2. The van der Waals surface area contributed by atoms with Gasteiger partial charge in [-0.2, -0.15) is 5.26 Å². The van der Waals surface area contributed by atoms with Gasteiger partial charge in [0.25, 0.3) is 0 Å². The highest BCUT2D eigenvalue weighted by Crippen LogP contribution is 2.32. The lowest BCUT2D eigenvalue weighted by Crippen LogP contribution is -1.93. The zero-order valence-corrected chi connectivity index (χ0v) is 12.1. The van der Waals surface area contributed by atoms with Crippen LogP contribution in [-0.2, 0) is 0 Å². The van der Waals surface area contributed by atoms with Crippen molar-refractivity contribution in [2.24, 2.45) is 0 Å². The van der Waals surface area contributed by atoms with Crippen LogP contribution in [0, 0.1) is 11.3 Å². The van der Waals surface area contributed by atoms with E-state index in [2.05, 4.69) is 27.3 Å². The highest BCUT2D eigenvalue weighted by Gasteiger charge is 2.05. The lowest BCUT2D eigenvalue weighted by atomic mass is 10.2. The molecular formula is C13H7BrCl2N2. The summed E-state index contributed by atoms with van der Waals surface area (Å²) in [4.78, 5) is 0. The van der Waals surface area contributed by atoms with E-state index in [1.54, 1.807) is 36.4 Å². The molecule has 0 heterocycles. The Morgan fingerprint density at radius 1 is 1.06 bits per heavy atom. The molecule has 0 fully saturated rings. The van der Waals surface area contributed by atoms with Gasteiger partial charge in [0.1, 0.15) is 0 Å². The highest BCUT2D eigenvalue weighted by atomic mass is 79.9. The van der Waals surface area contributed by atoms with Gasteiger partial charge in [0.15, 0.2) is 0 Å². The summed E-state index contributed by atoms with van der Waals surface area (Å²) in [6.07, 6.45) is 0. The second-order valence-electron chi connectivity index (χ2n) is 3.56. The lowest BCUT2D eigenvalue weighted by molar-refractivity contribution is 1.46. The second kappa shape index (κ2) is 5.62. The van der Waals surface area contributed by atoms with Gasteiger partial charge in [-0.05, 0) is 52.3 Å². The van der Waals surface area contributed by atoms with Crippen molar-refractivity contribution in [3.8, 4) is 6.07 Å². The Bertz CT molecular complexity index is 635. The normalized spacial score (nSPS) is 9.89. The van der Waals surface area contributed by atoms with Crippen molar-refractivity contribution < 1.29 is 0 Å². The van der Waals surface area contributed by atoms with E-state index >= 15 is 0 Å². The maximum absolute atomic E-state index is 8.79. The van der Waals surface area contributed by atoms with E-state index in [-0.39, 0.29) is 0 Å². The molecule has 5 heteroatoms. The van der Waals surface area contributed by atoms with E-state index in [4.69, 9.17) is 28.5 Å². The van der Waals surface area contributed by atoms with Gasteiger partial charge in [-0.25, -0.2) is 0 Å². The quantitative estimate of drug-likeness (QED) is 0.796. The van der Waals surface area contributed by atoms with Crippen LogP contribution < -0.4 is 5.32 Å². The Kier molecular flexibility index (Phi) is 4.13. The smallest absolute Gasteiger partial charge is 0.0992 e. The van der Waals surface area contributed by atoms with E-state index < -0.39 is 0 Å². The van der Waals surface area contributed by atoms with Crippen LogP contribution in [0.4, 0.5) is 11.4 Å². The summed E-state index contributed by atoms with van der Waals surface area (Å²) in [7, 11) is 0. The molecule has 0 radical (unpaired) electrons. The fraction of sp³-hybridized carbons (Fsp3) is 0. The van der Waals surface area contributed by atoms with E-state index in [0.717, 1.165) is 15.8 Å². The summed E-state index contributed by atoms with van der Waals surface area (Å²) in [6.45, 7) is 0. The van der Waals surface area contributed by atoms with Crippen molar-refractivity contribution in [1.29, 1.82) is 5.26 Å². The topological polar surface area (TPSA) is 35.8 Å². The van der Waals surface area contributed by atoms with Crippen LogP contribution in [0.5, 0.6) is 0 Å². The fourth-order valence-electron chi connectivity index (χ4n) is 1.42. The van der Waals surface area contributed by atoms with Gasteiger partial charge in [0.05, 0.1) is 28.0 Å². The molecule has 0 aliphatic carbocycles. The SMILES string of the molecule is N#Cc1ccc(Nc2cc(Cl)ccc2Cl)c(Br)c1. The van der Waals surface area contributed by atoms with E-state index in [1.165, 1.54) is 0 Å². The zero-order chi connectivity index (χ0) is 13.1. The Labute approximate surface area is 123 Å². The van der Waals surface area contributed by atoms with Crippen molar-refractivity contribution in [3.05, 3.63) is 56.5 Å². The van der Waals surface area contributed by atoms with Crippen molar-refractivity contribution in [2.75, 3.05) is 5.32 Å². The van der Waals surface area contributed by atoms with Crippen molar-refractivity contribution in [1.82, 2.24) is 0 Å². The van der Waals surface area contributed by atoms with Crippen LogP contribution in [0.2, 0.25) is 10.0 Å². The molecule has 0 atom stereocenters. The van der Waals surface area contributed by atoms with Crippen LogP contribution in [0.3, 0.4) is 0 Å². The minimum atomic E-state index is 0.579. The van der Waals surface area contributed by atoms with Crippen molar-refractivity contribution >= 4 is 50.5 Å². The summed E-state index contributed by atoms with van der Waals surface area (Å²) in [5.74, 6) is 0. The number of nitrogens with zero attached hydrogens (tertiary/aromatic N) is 1. The van der Waals surface area contributed by atoms with Crippen LogP contribution in [0.15, 0.2) is 40.9 Å². The monoisotopic (exact) mass is 340 g/mol. The van der Waals surface area contributed by atoms with Gasteiger partial charge >= 0.3 is 0 Å². The second-order valence-corrected chi connectivity index (χ2v) is 5.25. The standard InChI is InChI=1S/C13H7BrCl2N2/c14-10-5-8(7-17)1-4-12(10)18-13-6-9(15)2-3-11(13)16/h1-6,18H. The predicted molar refractivity (Wildman–Crippen MR) is 78.6 cm³/mol. The summed E-state index contributed by atoms with van der Waals surface area (Å²) in [5, 5.41) is 13.1. The van der Waals surface area contributed by atoms with E-state index in [1.807, 2.05) is 0 Å². The summed E-state index contributed by atoms with van der Waals surface area (Å²) in [6, 6.07) is 12.5. The molecule has 18 heavy (non-hydrogen) atoms. The van der Waals surface area contributed by atoms with Gasteiger partial charge in [-0.1, -0.05) is 23.2 Å². The molecule has 0 aliphatic rings. The molecule has 0 unspecified atom stereocenters. The molecule has 0 spiro atoms. The van der Waals surface area contributed by atoms with Gasteiger partial charge in [-0.3, -0.25) is 0 Å². The molecule has 2 aromatic rings. The van der Waals surface area contributed by atoms with Crippen molar-refractivity contribution in [2.45, 2.75) is 0 Å². The molecule has 90 valence electrons. The van der Waals surface area contributed by atoms with Gasteiger partial charge in [-0.15, -0.1) is 0 Å². The minimum absolute atomic E-state index is 0.579. The molecule has 0 saturated carbocycles. The van der Waals surface area contributed by atoms with Gasteiger partial charge in [0, 0.05) is 9.50 Å².